The van der Waals surface area contributed by atoms with Gasteiger partial charge in [0.05, 0.1) is 7.11 Å². The Morgan fingerprint density at radius 2 is 1.84 bits per heavy atom. The first-order chi connectivity index (χ1) is 8.65. The molecule has 0 aromatic carbocycles. The van der Waals surface area contributed by atoms with Crippen LogP contribution in [0.1, 0.15) is 41.0 Å². The predicted molar refractivity (Wildman–Crippen MR) is 74.7 cm³/mol. The van der Waals surface area contributed by atoms with Crippen molar-refractivity contribution in [2.24, 2.45) is 11.3 Å². The molecule has 0 saturated heterocycles. The van der Waals surface area contributed by atoms with Gasteiger partial charge in [-0.05, 0) is 27.2 Å². The molecule has 0 aliphatic rings. The third-order valence-corrected chi connectivity index (χ3v) is 2.97. The van der Waals surface area contributed by atoms with E-state index in [2.05, 4.69) is 0 Å². The minimum atomic E-state index is -1.23. The van der Waals surface area contributed by atoms with Crippen molar-refractivity contribution in [3.8, 4) is 0 Å². The second-order valence-corrected chi connectivity index (χ2v) is 5.40. The Morgan fingerprint density at radius 1 is 1.32 bits per heavy atom. The fourth-order valence-electron chi connectivity index (χ4n) is 1.39. The highest BCUT2D eigenvalue weighted by Gasteiger charge is 2.38. The molecule has 4 heteroatoms. The van der Waals surface area contributed by atoms with Gasteiger partial charge in [0, 0.05) is 12.0 Å². The molecule has 0 spiro atoms. The number of esters is 1. The maximum Gasteiger partial charge on any atom is 0.319 e. The number of hydrogen-bond acceptors (Lipinski definition) is 4. The van der Waals surface area contributed by atoms with Crippen molar-refractivity contribution >= 4 is 11.8 Å². The van der Waals surface area contributed by atoms with Crippen molar-refractivity contribution in [2.75, 3.05) is 7.11 Å². The van der Waals surface area contributed by atoms with Gasteiger partial charge in [0.25, 0.3) is 0 Å². The SMILES string of the molecule is COC(=O)C(C)(CC=C(C)C)/C(O)=C/C(=O)C(C)C. The number of aliphatic hydroxyl groups excluding tert-OH is 1. The number of methoxy groups -OCH3 is 1. The van der Waals surface area contributed by atoms with E-state index in [0.29, 0.717) is 0 Å². The Balaban J connectivity index is 5.42. The molecule has 0 bridgehead atoms. The van der Waals surface area contributed by atoms with Gasteiger partial charge in [0.2, 0.25) is 0 Å². The fraction of sp³-hybridized carbons (Fsp3) is 0.600. The predicted octanol–water partition coefficient (Wildman–Crippen LogP) is 3.19. The normalized spacial score (nSPS) is 14.8. The Labute approximate surface area is 115 Å². The first-order valence-electron chi connectivity index (χ1n) is 6.32. The molecule has 0 radical (unpaired) electrons. The summed E-state index contributed by atoms with van der Waals surface area (Å²) in [5.74, 6) is -1.26. The third-order valence-electron chi connectivity index (χ3n) is 2.97. The lowest BCUT2D eigenvalue weighted by Crippen LogP contribution is -2.31. The molecule has 0 heterocycles. The highest BCUT2D eigenvalue weighted by Crippen LogP contribution is 2.32. The van der Waals surface area contributed by atoms with Crippen molar-refractivity contribution in [3.05, 3.63) is 23.5 Å². The number of hydrogen-bond donors (Lipinski definition) is 1. The Morgan fingerprint density at radius 3 is 2.21 bits per heavy atom. The van der Waals surface area contributed by atoms with Gasteiger partial charge in [-0.25, -0.2) is 0 Å². The number of ether oxygens (including phenoxy) is 1. The molecule has 0 aliphatic heterocycles. The van der Waals surface area contributed by atoms with Crippen molar-refractivity contribution in [2.45, 2.75) is 41.0 Å². The van der Waals surface area contributed by atoms with E-state index >= 15 is 0 Å². The van der Waals surface area contributed by atoms with Crippen LogP contribution in [0.3, 0.4) is 0 Å². The average molecular weight is 268 g/mol. The van der Waals surface area contributed by atoms with Crippen LogP contribution in [0, 0.1) is 11.3 Å². The fourth-order valence-corrected chi connectivity index (χ4v) is 1.39. The smallest absolute Gasteiger partial charge is 0.319 e. The maximum atomic E-state index is 11.9. The molecular formula is C15H24O4. The van der Waals surface area contributed by atoms with Crippen molar-refractivity contribution in [3.63, 3.8) is 0 Å². The monoisotopic (exact) mass is 268 g/mol. The van der Waals surface area contributed by atoms with Crippen molar-refractivity contribution in [1.29, 1.82) is 0 Å². The second kappa shape index (κ2) is 7.12. The Kier molecular flexibility index (Phi) is 6.53. The molecule has 1 atom stereocenters. The number of rotatable bonds is 6. The van der Waals surface area contributed by atoms with Crippen LogP contribution in [0.5, 0.6) is 0 Å². The van der Waals surface area contributed by atoms with E-state index < -0.39 is 11.4 Å². The molecule has 0 aromatic rings. The summed E-state index contributed by atoms with van der Waals surface area (Å²) in [5.41, 5.74) is -0.200. The largest absolute Gasteiger partial charge is 0.511 e. The third kappa shape index (κ3) is 4.89. The summed E-state index contributed by atoms with van der Waals surface area (Å²) in [4.78, 5) is 23.5. The number of carbonyl (C=O) groups is 2. The molecule has 0 saturated carbocycles. The zero-order valence-electron chi connectivity index (χ0n) is 12.6. The summed E-state index contributed by atoms with van der Waals surface area (Å²) in [7, 11) is 1.26. The van der Waals surface area contributed by atoms with Gasteiger partial charge in [-0.2, -0.15) is 0 Å². The first kappa shape index (κ1) is 17.4. The lowest BCUT2D eigenvalue weighted by atomic mass is 9.83. The molecule has 0 aliphatic carbocycles. The van der Waals surface area contributed by atoms with Crippen LogP contribution in [0.2, 0.25) is 0 Å². The summed E-state index contributed by atoms with van der Waals surface area (Å²) in [6.45, 7) is 8.84. The molecule has 1 unspecified atom stereocenters. The van der Waals surface area contributed by atoms with Crippen LogP contribution < -0.4 is 0 Å². The number of ketones is 1. The second-order valence-electron chi connectivity index (χ2n) is 5.40. The minimum Gasteiger partial charge on any atom is -0.511 e. The Hall–Kier alpha value is -1.58. The summed E-state index contributed by atoms with van der Waals surface area (Å²) in [5, 5.41) is 10.1. The van der Waals surface area contributed by atoms with Crippen LogP contribution in [-0.4, -0.2) is 24.0 Å². The summed E-state index contributed by atoms with van der Waals surface area (Å²) < 4.78 is 4.73. The van der Waals surface area contributed by atoms with E-state index in [1.165, 1.54) is 7.11 Å². The van der Waals surface area contributed by atoms with Gasteiger partial charge in [-0.3, -0.25) is 9.59 Å². The van der Waals surface area contributed by atoms with Crippen LogP contribution in [0.15, 0.2) is 23.5 Å². The molecule has 19 heavy (non-hydrogen) atoms. The number of carbonyl (C=O) groups excluding carboxylic acids is 2. The molecule has 1 N–H and O–H groups in total. The van der Waals surface area contributed by atoms with E-state index in [0.717, 1.165) is 11.6 Å². The van der Waals surface area contributed by atoms with Gasteiger partial charge in [-0.1, -0.05) is 25.5 Å². The molecule has 0 rings (SSSR count). The van der Waals surface area contributed by atoms with E-state index in [9.17, 15) is 14.7 Å². The van der Waals surface area contributed by atoms with Gasteiger partial charge in [0.15, 0.2) is 5.78 Å². The molecule has 108 valence electrons. The van der Waals surface area contributed by atoms with E-state index in [1.807, 2.05) is 19.9 Å². The van der Waals surface area contributed by atoms with Crippen LogP contribution in [0.4, 0.5) is 0 Å². The molecule has 0 aromatic heterocycles. The molecule has 0 fully saturated rings. The zero-order chi connectivity index (χ0) is 15.2. The number of aliphatic hydroxyl groups is 1. The average Bonchev–Trinajstić information content (AvgIpc) is 2.34. The topological polar surface area (TPSA) is 63.6 Å². The first-order valence-corrected chi connectivity index (χ1v) is 6.32. The molecular weight excluding hydrogens is 244 g/mol. The molecule has 4 nitrogen and oxygen atoms in total. The van der Waals surface area contributed by atoms with Gasteiger partial charge >= 0.3 is 5.97 Å². The summed E-state index contributed by atoms with van der Waals surface area (Å²) >= 11 is 0. The minimum absolute atomic E-state index is 0.218. The number of allylic oxidation sites excluding steroid dienone is 3. The summed E-state index contributed by atoms with van der Waals surface area (Å²) in [6.07, 6.45) is 3.25. The zero-order valence-corrected chi connectivity index (χ0v) is 12.6. The summed E-state index contributed by atoms with van der Waals surface area (Å²) in [6, 6.07) is 0. The van der Waals surface area contributed by atoms with Crippen LogP contribution in [-0.2, 0) is 14.3 Å². The standard InChI is InChI=1S/C15H24O4/c1-10(2)7-8-15(5,14(18)19-6)13(17)9-12(16)11(3)4/h7,9,11,17H,8H2,1-6H3/b13-9-. The van der Waals surface area contributed by atoms with E-state index in [1.54, 1.807) is 20.8 Å². The lowest BCUT2D eigenvalue weighted by Gasteiger charge is -2.25. The molecule has 0 amide bonds. The van der Waals surface area contributed by atoms with Gasteiger partial charge in [-0.15, -0.1) is 0 Å². The Bertz CT molecular complexity index is 400. The van der Waals surface area contributed by atoms with Crippen molar-refractivity contribution < 1.29 is 19.4 Å². The quantitative estimate of drug-likeness (QED) is 0.348. The van der Waals surface area contributed by atoms with Crippen LogP contribution in [0.25, 0.3) is 0 Å². The van der Waals surface area contributed by atoms with E-state index in [-0.39, 0.29) is 23.9 Å². The van der Waals surface area contributed by atoms with Gasteiger partial charge in [0.1, 0.15) is 11.2 Å². The van der Waals surface area contributed by atoms with Gasteiger partial charge < -0.3 is 9.84 Å². The van der Waals surface area contributed by atoms with E-state index in [4.69, 9.17) is 4.74 Å². The van der Waals surface area contributed by atoms with Crippen LogP contribution >= 0.6 is 0 Å². The highest BCUT2D eigenvalue weighted by atomic mass is 16.5. The lowest BCUT2D eigenvalue weighted by molar-refractivity contribution is -0.150. The highest BCUT2D eigenvalue weighted by molar-refractivity contribution is 5.93. The maximum absolute atomic E-state index is 11.9. The van der Waals surface area contributed by atoms with Crippen molar-refractivity contribution in [1.82, 2.24) is 0 Å².